The van der Waals surface area contributed by atoms with Gasteiger partial charge in [0.15, 0.2) is 6.29 Å². The monoisotopic (exact) mass is 641 g/mol. The van der Waals surface area contributed by atoms with Crippen LogP contribution in [-0.4, -0.2) is 77.0 Å². The fourth-order valence-electron chi connectivity index (χ4n) is 5.50. The number of oxazole rings is 1. The molecule has 244 valence electrons. The number of benzene rings is 1. The van der Waals surface area contributed by atoms with Gasteiger partial charge < -0.3 is 33.4 Å². The number of esters is 1. The Balaban J connectivity index is 1.49. The highest BCUT2D eigenvalue weighted by Crippen LogP contribution is 2.47. The maximum atomic E-state index is 14.2. The Morgan fingerprint density at radius 2 is 1.91 bits per heavy atom. The number of thiophene rings is 1. The van der Waals surface area contributed by atoms with Crippen molar-refractivity contribution in [3.63, 3.8) is 0 Å². The van der Waals surface area contributed by atoms with E-state index in [0.29, 0.717) is 40.1 Å². The summed E-state index contributed by atoms with van der Waals surface area (Å²) in [4.78, 5) is 35.6. The first kappa shape index (κ1) is 33.1. The molecule has 2 aromatic heterocycles. The number of hydrogen-bond acceptors (Lipinski definition) is 11. The van der Waals surface area contributed by atoms with Crippen molar-refractivity contribution in [1.82, 2.24) is 9.88 Å². The molecule has 2 aliphatic heterocycles. The first-order chi connectivity index (χ1) is 21.4. The van der Waals surface area contributed by atoms with Gasteiger partial charge in [0.25, 0.3) is 5.91 Å². The summed E-state index contributed by atoms with van der Waals surface area (Å²) in [7, 11) is 0. The second-order valence-corrected chi connectivity index (χ2v) is 13.7. The molecule has 0 radical (unpaired) electrons. The lowest BCUT2D eigenvalue weighted by Gasteiger charge is -2.48. The Bertz CT molecular complexity index is 1440. The third kappa shape index (κ3) is 7.25. The molecule has 1 saturated heterocycles. The number of carbonyl (C=O) groups is 2. The number of hydrogen-bond donors (Lipinski definition) is 1. The van der Waals surface area contributed by atoms with Crippen molar-refractivity contribution in [3.05, 3.63) is 59.5 Å². The molecule has 5 rings (SSSR count). The van der Waals surface area contributed by atoms with E-state index in [-0.39, 0.29) is 19.4 Å². The van der Waals surface area contributed by atoms with Crippen molar-refractivity contribution >= 4 is 28.2 Å². The van der Waals surface area contributed by atoms with Gasteiger partial charge in [-0.25, -0.2) is 9.78 Å². The van der Waals surface area contributed by atoms with Crippen LogP contribution in [-0.2, 0) is 23.7 Å². The molecule has 0 spiro atoms. The van der Waals surface area contributed by atoms with Crippen LogP contribution in [0.5, 0.6) is 0 Å². The van der Waals surface area contributed by atoms with Crippen LogP contribution in [0.3, 0.4) is 0 Å². The zero-order valence-corrected chi connectivity index (χ0v) is 27.6. The zero-order valence-electron chi connectivity index (χ0n) is 26.8. The number of fused-ring (bicyclic) bond motifs is 1. The molecule has 3 aromatic rings. The Morgan fingerprint density at radius 3 is 2.56 bits per heavy atom. The highest BCUT2D eigenvalue weighted by Gasteiger charge is 2.51. The lowest BCUT2D eigenvalue weighted by atomic mass is 9.97. The number of anilines is 1. The molecular weight excluding hydrogens is 598 g/mol. The molecule has 2 aliphatic rings. The smallest absolute Gasteiger partial charge is 0.332 e. The molecule has 1 aromatic carbocycles. The highest BCUT2D eigenvalue weighted by atomic mass is 32.1. The topological polar surface area (TPSA) is 124 Å². The summed E-state index contributed by atoms with van der Waals surface area (Å²) in [5.41, 5.74) is -0.428. The Kier molecular flexibility index (Phi) is 10.00. The molecule has 1 amide bonds. The van der Waals surface area contributed by atoms with Gasteiger partial charge in [0.05, 0.1) is 36.4 Å². The summed E-state index contributed by atoms with van der Waals surface area (Å²) in [5, 5.41) is 12.5. The Labute approximate surface area is 268 Å². The fraction of sp³-hybridized carbons (Fsp3) is 0.545. The summed E-state index contributed by atoms with van der Waals surface area (Å²) < 4.78 is 29.3. The molecule has 45 heavy (non-hydrogen) atoms. The minimum absolute atomic E-state index is 0.164. The van der Waals surface area contributed by atoms with Gasteiger partial charge in [-0.3, -0.25) is 9.69 Å². The maximum absolute atomic E-state index is 14.2. The summed E-state index contributed by atoms with van der Waals surface area (Å²) in [6, 6.07) is 9.69. The van der Waals surface area contributed by atoms with Gasteiger partial charge in [0.1, 0.15) is 28.5 Å². The first-order valence-electron chi connectivity index (χ1n) is 15.3. The van der Waals surface area contributed by atoms with Crippen LogP contribution in [0.15, 0.2) is 47.2 Å². The van der Waals surface area contributed by atoms with Crippen LogP contribution in [0.4, 0.5) is 5.00 Å². The van der Waals surface area contributed by atoms with E-state index in [1.165, 1.54) is 22.5 Å². The number of rotatable bonds is 11. The second kappa shape index (κ2) is 13.6. The second-order valence-electron chi connectivity index (χ2n) is 12.7. The van der Waals surface area contributed by atoms with Crippen LogP contribution < -0.4 is 4.90 Å². The van der Waals surface area contributed by atoms with E-state index in [1.54, 1.807) is 45.7 Å². The van der Waals surface area contributed by atoms with Gasteiger partial charge in [0, 0.05) is 6.61 Å². The van der Waals surface area contributed by atoms with E-state index < -0.39 is 35.5 Å². The van der Waals surface area contributed by atoms with Gasteiger partial charge in [0.2, 0.25) is 12.2 Å². The molecule has 0 bridgehead atoms. The van der Waals surface area contributed by atoms with Gasteiger partial charge >= 0.3 is 5.97 Å². The highest BCUT2D eigenvalue weighted by molar-refractivity contribution is 7.20. The van der Waals surface area contributed by atoms with E-state index in [2.05, 4.69) is 4.98 Å². The molecule has 0 saturated carbocycles. The third-order valence-corrected chi connectivity index (χ3v) is 9.15. The molecule has 4 heterocycles. The maximum Gasteiger partial charge on any atom is 0.332 e. The number of carbonyl (C=O) groups excluding carboxylic acids is 2. The predicted octanol–water partition coefficient (Wildman–Crippen LogP) is 5.67. The largest absolute Gasteiger partial charge is 0.458 e. The van der Waals surface area contributed by atoms with E-state index >= 15 is 0 Å². The number of ether oxygens (including phenoxy) is 4. The molecule has 12 heteroatoms. The zero-order chi connectivity index (χ0) is 32.4. The first-order valence-corrected chi connectivity index (χ1v) is 16.1. The van der Waals surface area contributed by atoms with Crippen molar-refractivity contribution in [2.45, 2.75) is 90.7 Å². The van der Waals surface area contributed by atoms with Crippen LogP contribution >= 0.6 is 11.3 Å². The normalized spacial score (nSPS) is 19.8. The van der Waals surface area contributed by atoms with Crippen LogP contribution in [0.25, 0.3) is 10.8 Å². The van der Waals surface area contributed by atoms with Crippen molar-refractivity contribution in [3.8, 4) is 10.8 Å². The molecule has 1 N–H and O–H groups in total. The number of amides is 1. The molecule has 2 unspecified atom stereocenters. The Hall–Kier alpha value is -3.29. The van der Waals surface area contributed by atoms with Crippen molar-refractivity contribution in [1.29, 1.82) is 0 Å². The lowest BCUT2D eigenvalue weighted by Crippen LogP contribution is -2.66. The van der Waals surface area contributed by atoms with Crippen LogP contribution in [0.2, 0.25) is 0 Å². The van der Waals surface area contributed by atoms with Gasteiger partial charge in [-0.1, -0.05) is 30.3 Å². The summed E-state index contributed by atoms with van der Waals surface area (Å²) in [6.07, 6.45) is 3.71. The summed E-state index contributed by atoms with van der Waals surface area (Å²) in [5.74, 6) is -0.760. The minimum Gasteiger partial charge on any atom is -0.458 e. The van der Waals surface area contributed by atoms with Gasteiger partial charge in [-0.2, -0.15) is 0 Å². The van der Waals surface area contributed by atoms with Crippen molar-refractivity contribution in [2.24, 2.45) is 0 Å². The van der Waals surface area contributed by atoms with E-state index in [4.69, 9.17) is 23.4 Å². The SMILES string of the molecule is Cc1c(-c2ncco2)sc2c1C(=O)N(C(C)(C)C(=O)OC(C)(C)C)C(O)N2C[C@H](OCCOC1CCCCO1)c1ccccc1. The molecule has 1 fully saturated rings. The van der Waals surface area contributed by atoms with Crippen molar-refractivity contribution < 1.29 is 38.1 Å². The average molecular weight is 642 g/mol. The minimum atomic E-state index is -1.52. The number of aliphatic hydroxyl groups excluding tert-OH is 1. The molecule has 0 aliphatic carbocycles. The predicted molar refractivity (Wildman–Crippen MR) is 169 cm³/mol. The average Bonchev–Trinajstić information content (AvgIpc) is 3.64. The van der Waals surface area contributed by atoms with Crippen LogP contribution in [0, 0.1) is 6.92 Å². The van der Waals surface area contributed by atoms with Gasteiger partial charge in [-0.05, 0) is 71.9 Å². The quantitative estimate of drug-likeness (QED) is 0.207. The number of aromatic nitrogens is 1. The molecule has 11 nitrogen and oxygen atoms in total. The number of nitrogens with zero attached hydrogens (tertiary/aromatic N) is 3. The standard InChI is InChI=1S/C33H43N3O8S/c1-21-25-28(37)36(33(5,6)30(38)44-32(2,3)4)31(39)35(29(25)45-26(21)27-34-15-17-43-27)20-23(22-12-8-7-9-13-22)40-18-19-42-24-14-10-11-16-41-24/h7-9,12-13,15,17,23-24,31,39H,10-11,14,16,18-20H2,1-6H3/t23-,24?,31?/m0/s1. The van der Waals surface area contributed by atoms with Crippen molar-refractivity contribution in [2.75, 3.05) is 31.3 Å². The van der Waals surface area contributed by atoms with Crippen LogP contribution in [0.1, 0.15) is 81.5 Å². The van der Waals surface area contributed by atoms with E-state index in [9.17, 15) is 14.7 Å². The summed E-state index contributed by atoms with van der Waals surface area (Å²) in [6.45, 7) is 11.7. The van der Waals surface area contributed by atoms with E-state index in [1.807, 2.05) is 37.3 Å². The molecular formula is C33H43N3O8S. The third-order valence-electron chi connectivity index (χ3n) is 7.84. The summed E-state index contributed by atoms with van der Waals surface area (Å²) >= 11 is 1.30. The number of aliphatic hydroxyl groups is 1. The molecule has 3 atom stereocenters. The Morgan fingerprint density at radius 1 is 1.16 bits per heavy atom. The van der Waals surface area contributed by atoms with E-state index in [0.717, 1.165) is 24.8 Å². The lowest BCUT2D eigenvalue weighted by molar-refractivity contribution is -0.173. The fourth-order valence-corrected chi connectivity index (χ4v) is 6.76. The van der Waals surface area contributed by atoms with Gasteiger partial charge in [-0.15, -0.1) is 11.3 Å².